The van der Waals surface area contributed by atoms with Gasteiger partial charge in [0.1, 0.15) is 0 Å². The van der Waals surface area contributed by atoms with Gasteiger partial charge in [-0.25, -0.2) is 0 Å². The Morgan fingerprint density at radius 1 is 1.42 bits per heavy atom. The Balaban J connectivity index is 1.58. The van der Waals surface area contributed by atoms with Gasteiger partial charge in [-0.15, -0.1) is 0 Å². The maximum atomic E-state index is 5.47. The molecule has 3 heteroatoms. The second kappa shape index (κ2) is 6.04. The highest BCUT2D eigenvalue weighted by atomic mass is 16.5. The minimum Gasteiger partial charge on any atom is -0.381 e. The van der Waals surface area contributed by atoms with Crippen molar-refractivity contribution in [3.05, 3.63) is 35.4 Å². The third-order valence-electron chi connectivity index (χ3n) is 4.56. The minimum atomic E-state index is 0.552. The molecule has 0 aromatic heterocycles. The first-order chi connectivity index (χ1) is 9.34. The van der Waals surface area contributed by atoms with Crippen LogP contribution in [0.1, 0.15) is 30.4 Å². The molecule has 0 radical (unpaired) electrons. The van der Waals surface area contributed by atoms with Gasteiger partial charge in [0.2, 0.25) is 0 Å². The molecule has 0 bridgehead atoms. The average Bonchev–Trinajstić information content (AvgIpc) is 2.99. The van der Waals surface area contributed by atoms with Gasteiger partial charge in [0.15, 0.2) is 0 Å². The van der Waals surface area contributed by atoms with E-state index >= 15 is 0 Å². The molecule has 0 aliphatic carbocycles. The lowest BCUT2D eigenvalue weighted by molar-refractivity contribution is 0.178. The van der Waals surface area contributed by atoms with Crippen LogP contribution in [0.2, 0.25) is 0 Å². The zero-order valence-electron chi connectivity index (χ0n) is 11.7. The largest absolute Gasteiger partial charge is 0.381 e. The summed E-state index contributed by atoms with van der Waals surface area (Å²) in [7, 11) is 0. The Bertz CT molecular complexity index is 415. The second-order valence-electron chi connectivity index (χ2n) is 5.85. The summed E-state index contributed by atoms with van der Waals surface area (Å²) < 4.78 is 5.47. The lowest BCUT2D eigenvalue weighted by Crippen LogP contribution is -2.40. The molecule has 2 N–H and O–H groups in total. The molecule has 0 saturated carbocycles. The molecule has 19 heavy (non-hydrogen) atoms. The maximum absolute atomic E-state index is 5.47. The van der Waals surface area contributed by atoms with Crippen LogP contribution in [0.5, 0.6) is 0 Å². The highest BCUT2D eigenvalue weighted by Gasteiger charge is 2.24. The molecule has 3 atom stereocenters. The fourth-order valence-corrected chi connectivity index (χ4v) is 3.21. The van der Waals surface area contributed by atoms with Gasteiger partial charge in [0.05, 0.1) is 6.61 Å². The van der Waals surface area contributed by atoms with Crippen molar-refractivity contribution in [3.8, 4) is 0 Å². The van der Waals surface area contributed by atoms with E-state index in [0.717, 1.165) is 32.8 Å². The highest BCUT2D eigenvalue weighted by molar-refractivity contribution is 5.32. The standard InChI is InChI=1S/C16H24N2O/c1-12(14-6-7-19-11-14)18-10-15-9-17-8-13-4-2-3-5-16(13)15/h2-5,12,14-15,17-18H,6-11H2,1H3. The summed E-state index contributed by atoms with van der Waals surface area (Å²) in [6, 6.07) is 9.37. The normalized spacial score (nSPS) is 28.1. The van der Waals surface area contributed by atoms with Crippen molar-refractivity contribution in [3.63, 3.8) is 0 Å². The third kappa shape index (κ3) is 2.99. The molecule has 2 heterocycles. The Morgan fingerprint density at radius 3 is 3.16 bits per heavy atom. The zero-order valence-corrected chi connectivity index (χ0v) is 11.7. The molecular weight excluding hydrogens is 236 g/mol. The second-order valence-corrected chi connectivity index (χ2v) is 5.85. The van der Waals surface area contributed by atoms with E-state index in [1.54, 1.807) is 0 Å². The van der Waals surface area contributed by atoms with Crippen LogP contribution >= 0.6 is 0 Å². The molecule has 2 aliphatic rings. The molecule has 1 aromatic carbocycles. The first-order valence-corrected chi connectivity index (χ1v) is 7.44. The fourth-order valence-electron chi connectivity index (χ4n) is 3.21. The van der Waals surface area contributed by atoms with Crippen molar-refractivity contribution in [1.29, 1.82) is 0 Å². The van der Waals surface area contributed by atoms with Crippen LogP contribution < -0.4 is 10.6 Å². The molecule has 2 aliphatic heterocycles. The molecule has 1 fully saturated rings. The monoisotopic (exact) mass is 260 g/mol. The molecule has 1 aromatic rings. The topological polar surface area (TPSA) is 33.3 Å². The molecule has 0 amide bonds. The van der Waals surface area contributed by atoms with Crippen LogP contribution in [0, 0.1) is 5.92 Å². The van der Waals surface area contributed by atoms with Crippen LogP contribution in [-0.4, -0.2) is 32.3 Å². The SMILES string of the molecule is CC(NCC1CNCc2ccccc21)C1CCOC1. The molecule has 3 rings (SSSR count). The van der Waals surface area contributed by atoms with Gasteiger partial charge in [0, 0.05) is 38.2 Å². The molecular formula is C16H24N2O. The van der Waals surface area contributed by atoms with Gasteiger partial charge in [0.25, 0.3) is 0 Å². The van der Waals surface area contributed by atoms with Crippen LogP contribution in [-0.2, 0) is 11.3 Å². The van der Waals surface area contributed by atoms with Crippen molar-refractivity contribution < 1.29 is 4.74 Å². The quantitative estimate of drug-likeness (QED) is 0.867. The van der Waals surface area contributed by atoms with E-state index in [9.17, 15) is 0 Å². The molecule has 3 unspecified atom stereocenters. The van der Waals surface area contributed by atoms with E-state index in [1.807, 2.05) is 0 Å². The summed E-state index contributed by atoms with van der Waals surface area (Å²) in [6.07, 6.45) is 1.20. The molecule has 104 valence electrons. The highest BCUT2D eigenvalue weighted by Crippen LogP contribution is 2.24. The Hall–Kier alpha value is -0.900. The van der Waals surface area contributed by atoms with Gasteiger partial charge >= 0.3 is 0 Å². The third-order valence-corrected chi connectivity index (χ3v) is 4.56. The van der Waals surface area contributed by atoms with E-state index in [4.69, 9.17) is 4.74 Å². The average molecular weight is 260 g/mol. The van der Waals surface area contributed by atoms with E-state index < -0.39 is 0 Å². The van der Waals surface area contributed by atoms with Gasteiger partial charge in [-0.3, -0.25) is 0 Å². The Morgan fingerprint density at radius 2 is 2.32 bits per heavy atom. The van der Waals surface area contributed by atoms with Gasteiger partial charge < -0.3 is 15.4 Å². The number of fused-ring (bicyclic) bond motifs is 1. The predicted molar refractivity (Wildman–Crippen MR) is 77.3 cm³/mol. The first kappa shape index (κ1) is 13.1. The van der Waals surface area contributed by atoms with E-state index in [2.05, 4.69) is 41.8 Å². The predicted octanol–water partition coefficient (Wildman–Crippen LogP) is 1.89. The number of rotatable bonds is 4. The summed E-state index contributed by atoms with van der Waals surface area (Å²) in [6.45, 7) is 7.30. The van der Waals surface area contributed by atoms with Crippen molar-refractivity contribution in [2.75, 3.05) is 26.3 Å². The van der Waals surface area contributed by atoms with Crippen LogP contribution in [0.25, 0.3) is 0 Å². The Labute approximate surface area is 115 Å². The number of benzene rings is 1. The first-order valence-electron chi connectivity index (χ1n) is 7.44. The fraction of sp³-hybridized carbons (Fsp3) is 0.625. The van der Waals surface area contributed by atoms with E-state index in [-0.39, 0.29) is 0 Å². The van der Waals surface area contributed by atoms with E-state index in [1.165, 1.54) is 17.5 Å². The van der Waals surface area contributed by atoms with Crippen molar-refractivity contribution >= 4 is 0 Å². The number of hydrogen-bond donors (Lipinski definition) is 2. The Kier molecular flexibility index (Phi) is 4.16. The summed E-state index contributed by atoms with van der Waals surface area (Å²) in [5, 5.41) is 7.23. The minimum absolute atomic E-state index is 0.552. The van der Waals surface area contributed by atoms with Crippen molar-refractivity contribution in [1.82, 2.24) is 10.6 Å². The number of nitrogens with one attached hydrogen (secondary N) is 2. The number of ether oxygens (including phenoxy) is 1. The summed E-state index contributed by atoms with van der Waals surface area (Å²) >= 11 is 0. The smallest absolute Gasteiger partial charge is 0.0509 e. The summed E-state index contributed by atoms with van der Waals surface area (Å²) in [5.74, 6) is 1.28. The lowest BCUT2D eigenvalue weighted by atomic mass is 9.90. The maximum Gasteiger partial charge on any atom is 0.0509 e. The lowest BCUT2D eigenvalue weighted by Gasteiger charge is -2.29. The van der Waals surface area contributed by atoms with Crippen molar-refractivity contribution in [2.45, 2.75) is 31.8 Å². The molecule has 0 spiro atoms. The summed E-state index contributed by atoms with van der Waals surface area (Å²) in [4.78, 5) is 0. The molecule has 1 saturated heterocycles. The van der Waals surface area contributed by atoms with Gasteiger partial charge in [-0.05, 0) is 30.4 Å². The van der Waals surface area contributed by atoms with E-state index in [0.29, 0.717) is 17.9 Å². The van der Waals surface area contributed by atoms with Crippen molar-refractivity contribution in [2.24, 2.45) is 5.92 Å². The summed E-state index contributed by atoms with van der Waals surface area (Å²) in [5.41, 5.74) is 2.97. The van der Waals surface area contributed by atoms with Crippen LogP contribution in [0.3, 0.4) is 0 Å². The van der Waals surface area contributed by atoms with Crippen LogP contribution in [0.15, 0.2) is 24.3 Å². The van der Waals surface area contributed by atoms with Gasteiger partial charge in [-0.1, -0.05) is 24.3 Å². The van der Waals surface area contributed by atoms with Crippen LogP contribution in [0.4, 0.5) is 0 Å². The number of hydrogen-bond acceptors (Lipinski definition) is 3. The zero-order chi connectivity index (χ0) is 13.1. The van der Waals surface area contributed by atoms with Gasteiger partial charge in [-0.2, -0.15) is 0 Å². The molecule has 3 nitrogen and oxygen atoms in total.